The van der Waals surface area contributed by atoms with Crippen LogP contribution in [0.5, 0.6) is 0 Å². The molecule has 18 heavy (non-hydrogen) atoms. The van der Waals surface area contributed by atoms with Crippen molar-refractivity contribution in [2.75, 3.05) is 6.54 Å². The fourth-order valence-corrected chi connectivity index (χ4v) is 2.22. The molecule has 0 aliphatic carbocycles. The minimum Gasteiger partial charge on any atom is -0.314 e. The highest BCUT2D eigenvalue weighted by molar-refractivity contribution is 5.27. The Morgan fingerprint density at radius 2 is 1.94 bits per heavy atom. The van der Waals surface area contributed by atoms with Crippen LogP contribution >= 0.6 is 0 Å². The molecular formula is C16H26FN. The number of likely N-dealkylation sites (N-methyl/N-ethyl adjacent to an activating group) is 1. The van der Waals surface area contributed by atoms with Crippen LogP contribution in [-0.2, 0) is 6.42 Å². The van der Waals surface area contributed by atoms with Crippen molar-refractivity contribution < 1.29 is 4.39 Å². The average Bonchev–Trinajstić information content (AvgIpc) is 2.31. The van der Waals surface area contributed by atoms with Crippen LogP contribution < -0.4 is 5.32 Å². The Hall–Kier alpha value is -0.890. The Kier molecular flexibility index (Phi) is 6.34. The van der Waals surface area contributed by atoms with E-state index in [4.69, 9.17) is 0 Å². The van der Waals surface area contributed by atoms with Crippen molar-refractivity contribution in [3.05, 3.63) is 35.1 Å². The van der Waals surface area contributed by atoms with E-state index in [1.165, 1.54) is 18.1 Å². The molecule has 0 heterocycles. The second kappa shape index (κ2) is 7.52. The molecular weight excluding hydrogens is 225 g/mol. The standard InChI is InChI=1S/C16H26FN/c1-5-18-16(9-6-12(2)3)11-14-10-15(17)8-7-13(14)4/h7-8,10,12,16,18H,5-6,9,11H2,1-4H3. The Balaban J connectivity index is 2.66. The molecule has 1 nitrogen and oxygen atoms in total. The minimum atomic E-state index is -0.130. The Morgan fingerprint density at radius 3 is 2.56 bits per heavy atom. The van der Waals surface area contributed by atoms with Crippen LogP contribution in [0.4, 0.5) is 4.39 Å². The molecule has 1 unspecified atom stereocenters. The topological polar surface area (TPSA) is 12.0 Å². The van der Waals surface area contributed by atoms with Gasteiger partial charge in [0.2, 0.25) is 0 Å². The third-order valence-corrected chi connectivity index (χ3v) is 3.36. The maximum absolute atomic E-state index is 13.3. The molecule has 0 saturated carbocycles. The van der Waals surface area contributed by atoms with Crippen molar-refractivity contribution >= 4 is 0 Å². The largest absolute Gasteiger partial charge is 0.314 e. The quantitative estimate of drug-likeness (QED) is 0.769. The van der Waals surface area contributed by atoms with Crippen LogP contribution in [0, 0.1) is 18.7 Å². The molecule has 1 N–H and O–H groups in total. The first-order valence-electron chi connectivity index (χ1n) is 7.01. The van der Waals surface area contributed by atoms with Crippen molar-refractivity contribution in [1.82, 2.24) is 5.32 Å². The van der Waals surface area contributed by atoms with Gasteiger partial charge < -0.3 is 5.32 Å². The summed E-state index contributed by atoms with van der Waals surface area (Å²) in [6.07, 6.45) is 3.29. The van der Waals surface area contributed by atoms with E-state index in [1.54, 1.807) is 6.07 Å². The van der Waals surface area contributed by atoms with E-state index in [0.29, 0.717) is 6.04 Å². The fourth-order valence-electron chi connectivity index (χ4n) is 2.22. The number of halogens is 1. The number of aryl methyl sites for hydroxylation is 1. The molecule has 1 aromatic carbocycles. The molecule has 0 fully saturated rings. The summed E-state index contributed by atoms with van der Waals surface area (Å²) in [5.41, 5.74) is 2.31. The molecule has 102 valence electrons. The van der Waals surface area contributed by atoms with Gasteiger partial charge in [0.25, 0.3) is 0 Å². The summed E-state index contributed by atoms with van der Waals surface area (Å²) in [4.78, 5) is 0. The van der Waals surface area contributed by atoms with Gasteiger partial charge in [0.15, 0.2) is 0 Å². The van der Waals surface area contributed by atoms with Crippen LogP contribution in [-0.4, -0.2) is 12.6 Å². The molecule has 0 radical (unpaired) electrons. The number of hydrogen-bond acceptors (Lipinski definition) is 1. The zero-order valence-corrected chi connectivity index (χ0v) is 12.1. The summed E-state index contributed by atoms with van der Waals surface area (Å²) < 4.78 is 13.3. The first-order valence-corrected chi connectivity index (χ1v) is 7.01. The Bertz CT molecular complexity index is 360. The highest BCUT2D eigenvalue weighted by Crippen LogP contribution is 2.16. The SMILES string of the molecule is CCNC(CCC(C)C)Cc1cc(F)ccc1C. The van der Waals surface area contributed by atoms with Crippen LogP contribution in [0.1, 0.15) is 44.7 Å². The van der Waals surface area contributed by atoms with Crippen molar-refractivity contribution in [2.45, 2.75) is 53.0 Å². The maximum atomic E-state index is 13.3. The molecule has 0 aliphatic heterocycles. The maximum Gasteiger partial charge on any atom is 0.123 e. The third kappa shape index (κ3) is 5.18. The van der Waals surface area contributed by atoms with E-state index in [1.807, 2.05) is 6.07 Å². The highest BCUT2D eigenvalue weighted by atomic mass is 19.1. The summed E-state index contributed by atoms with van der Waals surface area (Å²) in [7, 11) is 0. The normalized spacial score (nSPS) is 13.0. The van der Waals surface area contributed by atoms with Crippen molar-refractivity contribution in [2.24, 2.45) is 5.92 Å². The molecule has 0 saturated heterocycles. The van der Waals surface area contributed by atoms with Gasteiger partial charge in [0.05, 0.1) is 0 Å². The van der Waals surface area contributed by atoms with Crippen molar-refractivity contribution in [3.8, 4) is 0 Å². The van der Waals surface area contributed by atoms with Gasteiger partial charge in [-0.25, -0.2) is 4.39 Å². The molecule has 0 aromatic heterocycles. The van der Waals surface area contributed by atoms with E-state index in [9.17, 15) is 4.39 Å². The van der Waals surface area contributed by atoms with E-state index >= 15 is 0 Å². The van der Waals surface area contributed by atoms with Gasteiger partial charge in [-0.15, -0.1) is 0 Å². The predicted molar refractivity (Wildman–Crippen MR) is 76.4 cm³/mol. The van der Waals surface area contributed by atoms with E-state index in [2.05, 4.69) is 33.0 Å². The summed E-state index contributed by atoms with van der Waals surface area (Å²) in [6.45, 7) is 9.64. The van der Waals surface area contributed by atoms with Crippen LogP contribution in [0.15, 0.2) is 18.2 Å². The molecule has 1 aromatic rings. The Morgan fingerprint density at radius 1 is 1.22 bits per heavy atom. The highest BCUT2D eigenvalue weighted by Gasteiger charge is 2.11. The number of rotatable bonds is 7. The first-order chi connectivity index (χ1) is 8.52. The number of benzene rings is 1. The fraction of sp³-hybridized carbons (Fsp3) is 0.625. The smallest absolute Gasteiger partial charge is 0.123 e. The van der Waals surface area contributed by atoms with Gasteiger partial charge in [0, 0.05) is 6.04 Å². The lowest BCUT2D eigenvalue weighted by Gasteiger charge is -2.20. The second-order valence-corrected chi connectivity index (χ2v) is 5.50. The second-order valence-electron chi connectivity index (χ2n) is 5.50. The number of nitrogens with one attached hydrogen (secondary N) is 1. The van der Waals surface area contributed by atoms with E-state index in [-0.39, 0.29) is 5.82 Å². The monoisotopic (exact) mass is 251 g/mol. The van der Waals surface area contributed by atoms with Gasteiger partial charge in [-0.2, -0.15) is 0 Å². The molecule has 0 aliphatic rings. The zero-order chi connectivity index (χ0) is 13.5. The average molecular weight is 251 g/mol. The lowest BCUT2D eigenvalue weighted by atomic mass is 9.95. The zero-order valence-electron chi connectivity index (χ0n) is 12.1. The van der Waals surface area contributed by atoms with E-state index in [0.717, 1.165) is 30.9 Å². The molecule has 0 bridgehead atoms. The number of hydrogen-bond donors (Lipinski definition) is 1. The first kappa shape index (κ1) is 15.2. The van der Waals surface area contributed by atoms with Gasteiger partial charge >= 0.3 is 0 Å². The Labute approximate surface area is 111 Å². The molecule has 0 spiro atoms. The van der Waals surface area contributed by atoms with Crippen LogP contribution in [0.3, 0.4) is 0 Å². The summed E-state index contributed by atoms with van der Waals surface area (Å²) >= 11 is 0. The predicted octanol–water partition coefficient (Wildman–Crippen LogP) is 4.09. The third-order valence-electron chi connectivity index (χ3n) is 3.36. The van der Waals surface area contributed by atoms with Gasteiger partial charge in [-0.1, -0.05) is 26.8 Å². The molecule has 2 heteroatoms. The minimum absolute atomic E-state index is 0.130. The van der Waals surface area contributed by atoms with E-state index < -0.39 is 0 Å². The molecule has 1 atom stereocenters. The van der Waals surface area contributed by atoms with Crippen molar-refractivity contribution in [1.29, 1.82) is 0 Å². The van der Waals surface area contributed by atoms with Crippen LogP contribution in [0.25, 0.3) is 0 Å². The lowest BCUT2D eigenvalue weighted by molar-refractivity contribution is 0.433. The van der Waals surface area contributed by atoms with Crippen LogP contribution in [0.2, 0.25) is 0 Å². The summed E-state index contributed by atoms with van der Waals surface area (Å²) in [6, 6.07) is 5.54. The molecule has 1 rings (SSSR count). The van der Waals surface area contributed by atoms with Gasteiger partial charge in [0.1, 0.15) is 5.82 Å². The van der Waals surface area contributed by atoms with Gasteiger partial charge in [-0.3, -0.25) is 0 Å². The van der Waals surface area contributed by atoms with Gasteiger partial charge in [-0.05, 0) is 61.9 Å². The summed E-state index contributed by atoms with van der Waals surface area (Å²) in [5, 5.41) is 3.51. The molecule has 0 amide bonds. The summed E-state index contributed by atoms with van der Waals surface area (Å²) in [5.74, 6) is 0.592. The van der Waals surface area contributed by atoms with Crippen molar-refractivity contribution in [3.63, 3.8) is 0 Å². The lowest BCUT2D eigenvalue weighted by Crippen LogP contribution is -2.31.